The van der Waals surface area contributed by atoms with Crippen molar-refractivity contribution in [1.82, 2.24) is 19.8 Å². The van der Waals surface area contributed by atoms with E-state index in [4.69, 9.17) is 37.7 Å². The molecule has 0 aliphatic carbocycles. The molecule has 1 N–H and O–H groups in total. The van der Waals surface area contributed by atoms with Crippen LogP contribution in [0.2, 0.25) is 10.0 Å². The van der Waals surface area contributed by atoms with Crippen molar-refractivity contribution in [2.45, 2.75) is 6.54 Å². The molecule has 9 heteroatoms. The average molecular weight is 592 g/mol. The third-order valence-corrected chi connectivity index (χ3v) is 7.49. The number of nitrogens with one attached hydrogen (secondary N) is 1. The van der Waals surface area contributed by atoms with E-state index in [1.165, 1.54) is 0 Å². The third-order valence-electron chi connectivity index (χ3n) is 6.94. The Kier molecular flexibility index (Phi) is 9.75. The number of ether oxygens (including phenoxy) is 2. The van der Waals surface area contributed by atoms with Gasteiger partial charge in [0.2, 0.25) is 5.91 Å². The third kappa shape index (κ3) is 7.77. The van der Waals surface area contributed by atoms with Gasteiger partial charge in [0.1, 0.15) is 18.1 Å². The molecule has 0 spiro atoms. The molecule has 1 saturated heterocycles. The van der Waals surface area contributed by atoms with Crippen LogP contribution in [-0.2, 0) is 16.1 Å². The summed E-state index contributed by atoms with van der Waals surface area (Å²) in [5.74, 6) is 1.39. The number of nitrogens with zero attached hydrogens (tertiary/aromatic N) is 3. The van der Waals surface area contributed by atoms with Crippen LogP contribution in [0, 0.1) is 0 Å². The summed E-state index contributed by atoms with van der Waals surface area (Å²) in [7, 11) is 1.66. The Balaban J connectivity index is 1.32. The maximum atomic E-state index is 12.9. The second-order valence-corrected chi connectivity index (χ2v) is 10.6. The Bertz CT molecular complexity index is 1490. The number of halogens is 2. The van der Waals surface area contributed by atoms with Crippen LogP contribution in [-0.4, -0.2) is 66.9 Å². The quantitative estimate of drug-likeness (QED) is 0.240. The Labute approximate surface area is 250 Å². The Hall–Kier alpha value is -3.62. The maximum Gasteiger partial charge on any atom is 0.240 e. The lowest BCUT2D eigenvalue weighted by Crippen LogP contribution is -2.41. The van der Waals surface area contributed by atoms with E-state index in [9.17, 15) is 4.79 Å². The molecule has 1 aromatic heterocycles. The molecule has 212 valence electrons. The molecule has 0 saturated carbocycles. The standard InChI is InChI=1S/C32H32Cl2N4O3/c1-40-27-10-7-25(8-11-27)24-5-2-23(3-6-24)4-13-31-36-30(28-12-9-26(33)20-29(28)34)21-38(31)22-32(39)35-14-15-37-16-18-41-19-17-37/h2-13,20-21H,14-19,22H2,1H3,(H,35,39)/b13-4+. The normalized spacial score (nSPS) is 13.9. The highest BCUT2D eigenvalue weighted by Crippen LogP contribution is 2.30. The fourth-order valence-electron chi connectivity index (χ4n) is 4.65. The van der Waals surface area contributed by atoms with Gasteiger partial charge < -0.3 is 19.4 Å². The first kappa shape index (κ1) is 28.9. The number of carbonyl (C=O) groups is 1. The maximum absolute atomic E-state index is 12.9. The molecule has 0 unspecified atom stereocenters. The minimum atomic E-state index is -0.0806. The molecule has 0 bridgehead atoms. The molecule has 3 aromatic carbocycles. The number of imidazole rings is 1. The number of carbonyl (C=O) groups excluding carboxylic acids is 1. The zero-order chi connectivity index (χ0) is 28.6. The Morgan fingerprint density at radius 3 is 2.39 bits per heavy atom. The van der Waals surface area contributed by atoms with E-state index in [1.807, 2.05) is 53.2 Å². The Morgan fingerprint density at radius 1 is 1.00 bits per heavy atom. The molecule has 7 nitrogen and oxygen atoms in total. The van der Waals surface area contributed by atoms with Gasteiger partial charge in [0.15, 0.2) is 0 Å². The van der Waals surface area contributed by atoms with E-state index in [2.05, 4.69) is 34.5 Å². The average Bonchev–Trinajstić information content (AvgIpc) is 3.38. The predicted molar refractivity (Wildman–Crippen MR) is 165 cm³/mol. The highest BCUT2D eigenvalue weighted by atomic mass is 35.5. The molecule has 5 rings (SSSR count). The number of rotatable bonds is 10. The van der Waals surface area contributed by atoms with Gasteiger partial charge in [0.25, 0.3) is 0 Å². The zero-order valence-corrected chi connectivity index (χ0v) is 24.4. The molecule has 1 fully saturated rings. The predicted octanol–water partition coefficient (Wildman–Crippen LogP) is 6.15. The highest BCUT2D eigenvalue weighted by Gasteiger charge is 2.15. The van der Waals surface area contributed by atoms with Crippen molar-refractivity contribution in [2.24, 2.45) is 0 Å². The fourth-order valence-corrected chi connectivity index (χ4v) is 5.15. The molecule has 1 aliphatic rings. The number of aromatic nitrogens is 2. The van der Waals surface area contributed by atoms with Crippen molar-refractivity contribution in [3.05, 3.63) is 94.4 Å². The molecule has 41 heavy (non-hydrogen) atoms. The summed E-state index contributed by atoms with van der Waals surface area (Å²) in [5, 5.41) is 4.08. The number of benzene rings is 3. The van der Waals surface area contributed by atoms with E-state index in [0.717, 1.165) is 60.9 Å². The van der Waals surface area contributed by atoms with Gasteiger partial charge in [-0.3, -0.25) is 9.69 Å². The number of amides is 1. The summed E-state index contributed by atoms with van der Waals surface area (Å²) >= 11 is 12.6. The van der Waals surface area contributed by atoms with Crippen LogP contribution < -0.4 is 10.1 Å². The van der Waals surface area contributed by atoms with Gasteiger partial charge in [0.05, 0.1) is 31.0 Å². The summed E-state index contributed by atoms with van der Waals surface area (Å²) in [5.41, 5.74) is 4.65. The van der Waals surface area contributed by atoms with Crippen LogP contribution in [0.3, 0.4) is 0 Å². The van der Waals surface area contributed by atoms with Gasteiger partial charge in [-0.25, -0.2) is 4.98 Å². The smallest absolute Gasteiger partial charge is 0.240 e. The van der Waals surface area contributed by atoms with E-state index in [0.29, 0.717) is 28.1 Å². The van der Waals surface area contributed by atoms with Crippen molar-refractivity contribution < 1.29 is 14.3 Å². The molecule has 4 aromatic rings. The van der Waals surface area contributed by atoms with Crippen molar-refractivity contribution in [3.63, 3.8) is 0 Å². The lowest BCUT2D eigenvalue weighted by molar-refractivity contribution is -0.121. The summed E-state index contributed by atoms with van der Waals surface area (Å²) < 4.78 is 12.5. The van der Waals surface area contributed by atoms with Gasteiger partial charge in [0, 0.05) is 43.0 Å². The van der Waals surface area contributed by atoms with E-state index >= 15 is 0 Å². The molecule has 0 atom stereocenters. The van der Waals surface area contributed by atoms with Crippen LogP contribution in [0.5, 0.6) is 5.75 Å². The fraction of sp³-hybridized carbons (Fsp3) is 0.250. The van der Waals surface area contributed by atoms with Crippen LogP contribution in [0.25, 0.3) is 34.5 Å². The minimum absolute atomic E-state index is 0.0806. The van der Waals surface area contributed by atoms with Crippen molar-refractivity contribution in [3.8, 4) is 28.1 Å². The lowest BCUT2D eigenvalue weighted by atomic mass is 10.0. The zero-order valence-electron chi connectivity index (χ0n) is 22.9. The van der Waals surface area contributed by atoms with Crippen molar-refractivity contribution >= 4 is 41.3 Å². The molecular weight excluding hydrogens is 559 g/mol. The minimum Gasteiger partial charge on any atom is -0.497 e. The van der Waals surface area contributed by atoms with E-state index in [-0.39, 0.29) is 12.5 Å². The van der Waals surface area contributed by atoms with Crippen LogP contribution in [0.4, 0.5) is 0 Å². The molecule has 0 radical (unpaired) electrons. The number of methoxy groups -OCH3 is 1. The lowest BCUT2D eigenvalue weighted by Gasteiger charge is -2.26. The van der Waals surface area contributed by atoms with Gasteiger partial charge >= 0.3 is 0 Å². The van der Waals surface area contributed by atoms with Gasteiger partial charge in [-0.05, 0) is 53.1 Å². The molecule has 1 aliphatic heterocycles. The largest absolute Gasteiger partial charge is 0.497 e. The topological polar surface area (TPSA) is 68.6 Å². The first-order chi connectivity index (χ1) is 20.0. The van der Waals surface area contributed by atoms with Gasteiger partial charge in [-0.15, -0.1) is 0 Å². The van der Waals surface area contributed by atoms with Crippen molar-refractivity contribution in [2.75, 3.05) is 46.5 Å². The SMILES string of the molecule is COc1ccc(-c2ccc(/C=C/c3nc(-c4ccc(Cl)cc4Cl)cn3CC(=O)NCCN3CCOCC3)cc2)cc1. The monoisotopic (exact) mass is 590 g/mol. The Morgan fingerprint density at radius 2 is 1.71 bits per heavy atom. The summed E-state index contributed by atoms with van der Waals surface area (Å²) in [6.45, 7) is 4.76. The second kappa shape index (κ2) is 13.8. The number of morpholine rings is 1. The summed E-state index contributed by atoms with van der Waals surface area (Å²) in [4.78, 5) is 20.0. The first-order valence-corrected chi connectivity index (χ1v) is 14.3. The van der Waals surface area contributed by atoms with Crippen LogP contribution >= 0.6 is 23.2 Å². The summed E-state index contributed by atoms with van der Waals surface area (Å²) in [6, 6.07) is 21.5. The number of hydrogen-bond acceptors (Lipinski definition) is 5. The van der Waals surface area contributed by atoms with Gasteiger partial charge in [-0.1, -0.05) is 65.7 Å². The van der Waals surface area contributed by atoms with Crippen LogP contribution in [0.15, 0.2) is 72.9 Å². The number of hydrogen-bond donors (Lipinski definition) is 1. The van der Waals surface area contributed by atoms with E-state index in [1.54, 1.807) is 19.2 Å². The summed E-state index contributed by atoms with van der Waals surface area (Å²) in [6.07, 6.45) is 5.75. The second-order valence-electron chi connectivity index (χ2n) is 9.72. The molecule has 2 heterocycles. The van der Waals surface area contributed by atoms with Gasteiger partial charge in [-0.2, -0.15) is 0 Å². The first-order valence-electron chi connectivity index (χ1n) is 13.5. The van der Waals surface area contributed by atoms with Crippen molar-refractivity contribution in [1.29, 1.82) is 0 Å². The molecule has 1 amide bonds. The van der Waals surface area contributed by atoms with Crippen LogP contribution in [0.1, 0.15) is 11.4 Å². The van der Waals surface area contributed by atoms with E-state index < -0.39 is 0 Å². The highest BCUT2D eigenvalue weighted by molar-refractivity contribution is 6.36. The molecular formula is C32H32Cl2N4O3.